The maximum Gasteiger partial charge on any atom is 0.326 e. The molecule has 0 unspecified atom stereocenters. The smallest absolute Gasteiger partial charge is 0.326 e. The van der Waals surface area contributed by atoms with Crippen LogP contribution in [0.1, 0.15) is 35.8 Å². The van der Waals surface area contributed by atoms with Gasteiger partial charge < -0.3 is 10.4 Å². The van der Waals surface area contributed by atoms with E-state index in [1.165, 1.54) is 6.20 Å². The second kappa shape index (κ2) is 5.98. The summed E-state index contributed by atoms with van der Waals surface area (Å²) >= 11 is 0. The molecule has 5 nitrogen and oxygen atoms in total. The zero-order chi connectivity index (χ0) is 12.8. The Labute approximate surface area is 99.9 Å². The van der Waals surface area contributed by atoms with Gasteiger partial charge in [0.25, 0.3) is 5.91 Å². The number of rotatable bonds is 5. The Bertz CT molecular complexity index is 418. The van der Waals surface area contributed by atoms with E-state index in [0.29, 0.717) is 18.4 Å². The van der Waals surface area contributed by atoms with Crippen molar-refractivity contribution >= 4 is 11.9 Å². The highest BCUT2D eigenvalue weighted by molar-refractivity contribution is 5.96. The van der Waals surface area contributed by atoms with E-state index in [9.17, 15) is 9.59 Å². The first-order valence-corrected chi connectivity index (χ1v) is 5.51. The highest BCUT2D eigenvalue weighted by Crippen LogP contribution is 2.03. The highest BCUT2D eigenvalue weighted by Gasteiger charge is 2.19. The molecule has 5 heteroatoms. The molecule has 1 heterocycles. The van der Waals surface area contributed by atoms with Gasteiger partial charge in [0.1, 0.15) is 6.04 Å². The first kappa shape index (κ1) is 13.2. The summed E-state index contributed by atoms with van der Waals surface area (Å²) in [5.74, 6) is -1.39. The normalized spacial score (nSPS) is 11.9. The van der Waals surface area contributed by atoms with Gasteiger partial charge in [-0.15, -0.1) is 0 Å². The minimum absolute atomic E-state index is 0.378. The van der Waals surface area contributed by atoms with Crippen molar-refractivity contribution in [1.82, 2.24) is 10.3 Å². The van der Waals surface area contributed by atoms with Crippen LogP contribution in [0.4, 0.5) is 0 Å². The second-order valence-corrected chi connectivity index (χ2v) is 3.84. The monoisotopic (exact) mass is 236 g/mol. The van der Waals surface area contributed by atoms with E-state index in [0.717, 1.165) is 5.69 Å². The summed E-state index contributed by atoms with van der Waals surface area (Å²) in [6.45, 7) is 3.65. The van der Waals surface area contributed by atoms with E-state index >= 15 is 0 Å². The van der Waals surface area contributed by atoms with Crippen LogP contribution < -0.4 is 5.32 Å². The average molecular weight is 236 g/mol. The molecular formula is C12H16N2O3. The van der Waals surface area contributed by atoms with Gasteiger partial charge in [0.2, 0.25) is 0 Å². The topological polar surface area (TPSA) is 79.3 Å². The van der Waals surface area contributed by atoms with Crippen molar-refractivity contribution < 1.29 is 14.7 Å². The first-order valence-electron chi connectivity index (χ1n) is 5.51. The van der Waals surface area contributed by atoms with Gasteiger partial charge in [0.15, 0.2) is 0 Å². The third-order valence-corrected chi connectivity index (χ3v) is 2.34. The number of carboxylic acid groups (broad SMARTS) is 1. The quantitative estimate of drug-likeness (QED) is 0.809. The number of nitrogens with zero attached hydrogens (tertiary/aromatic N) is 1. The Morgan fingerprint density at radius 1 is 1.53 bits per heavy atom. The van der Waals surface area contributed by atoms with E-state index in [4.69, 9.17) is 5.11 Å². The lowest BCUT2D eigenvalue weighted by molar-refractivity contribution is -0.139. The summed E-state index contributed by atoms with van der Waals surface area (Å²) in [6.07, 6.45) is 2.65. The van der Waals surface area contributed by atoms with Crippen LogP contribution in [0.5, 0.6) is 0 Å². The Balaban J connectivity index is 2.73. The number of amides is 1. The van der Waals surface area contributed by atoms with Gasteiger partial charge in [-0.1, -0.05) is 13.3 Å². The van der Waals surface area contributed by atoms with Crippen LogP contribution in [-0.2, 0) is 4.79 Å². The first-order chi connectivity index (χ1) is 8.04. The summed E-state index contributed by atoms with van der Waals surface area (Å²) in [5, 5.41) is 11.4. The third-order valence-electron chi connectivity index (χ3n) is 2.34. The van der Waals surface area contributed by atoms with E-state index in [1.807, 2.05) is 6.92 Å². The van der Waals surface area contributed by atoms with Crippen LogP contribution in [0.3, 0.4) is 0 Å². The second-order valence-electron chi connectivity index (χ2n) is 3.84. The van der Waals surface area contributed by atoms with Gasteiger partial charge in [-0.3, -0.25) is 9.78 Å². The van der Waals surface area contributed by atoms with Crippen molar-refractivity contribution in [3.8, 4) is 0 Å². The molecule has 0 fully saturated rings. The van der Waals surface area contributed by atoms with Crippen LogP contribution in [0.25, 0.3) is 0 Å². The number of aryl methyl sites for hydroxylation is 1. The lowest BCUT2D eigenvalue weighted by Crippen LogP contribution is -2.40. The average Bonchev–Trinajstić information content (AvgIpc) is 2.28. The fourth-order valence-electron chi connectivity index (χ4n) is 1.47. The third kappa shape index (κ3) is 3.86. The minimum Gasteiger partial charge on any atom is -0.480 e. The molecule has 0 aromatic carbocycles. The van der Waals surface area contributed by atoms with Crippen molar-refractivity contribution in [2.75, 3.05) is 0 Å². The predicted octanol–water partition coefficient (Wildman–Crippen LogP) is 1.37. The maximum absolute atomic E-state index is 11.8. The van der Waals surface area contributed by atoms with Crippen molar-refractivity contribution in [3.63, 3.8) is 0 Å². The molecule has 0 aliphatic heterocycles. The zero-order valence-electron chi connectivity index (χ0n) is 9.93. The van der Waals surface area contributed by atoms with Crippen molar-refractivity contribution in [2.24, 2.45) is 0 Å². The molecule has 1 rings (SSSR count). The SMILES string of the molecule is CCC[C@H](NC(=O)c1ccnc(C)c1)C(=O)O. The van der Waals surface area contributed by atoms with Crippen LogP contribution in [-0.4, -0.2) is 28.0 Å². The number of pyridine rings is 1. The van der Waals surface area contributed by atoms with Gasteiger partial charge in [-0.2, -0.15) is 0 Å². The summed E-state index contributed by atoms with van der Waals surface area (Å²) in [5.41, 5.74) is 1.15. The molecule has 0 radical (unpaired) electrons. The summed E-state index contributed by atoms with van der Waals surface area (Å²) < 4.78 is 0. The molecule has 92 valence electrons. The molecule has 2 N–H and O–H groups in total. The van der Waals surface area contributed by atoms with Crippen molar-refractivity contribution in [2.45, 2.75) is 32.7 Å². The molecule has 0 spiro atoms. The van der Waals surface area contributed by atoms with Crippen LogP contribution in [0.15, 0.2) is 18.3 Å². The molecule has 1 amide bonds. The van der Waals surface area contributed by atoms with Crippen LogP contribution in [0, 0.1) is 6.92 Å². The number of hydrogen-bond donors (Lipinski definition) is 2. The van der Waals surface area contributed by atoms with Gasteiger partial charge in [-0.25, -0.2) is 4.79 Å². The molecule has 0 saturated carbocycles. The number of hydrogen-bond acceptors (Lipinski definition) is 3. The Kier molecular flexibility index (Phi) is 4.63. The van der Waals surface area contributed by atoms with Gasteiger partial charge >= 0.3 is 5.97 Å². The lowest BCUT2D eigenvalue weighted by Gasteiger charge is -2.13. The summed E-state index contributed by atoms with van der Waals surface area (Å²) in [7, 11) is 0. The molecule has 1 atom stereocenters. The number of carbonyl (C=O) groups excluding carboxylic acids is 1. The number of carbonyl (C=O) groups is 2. The van der Waals surface area contributed by atoms with Gasteiger partial charge in [-0.05, 0) is 25.5 Å². The van der Waals surface area contributed by atoms with Crippen molar-refractivity contribution in [1.29, 1.82) is 0 Å². The maximum atomic E-state index is 11.8. The molecule has 1 aromatic rings. The Morgan fingerprint density at radius 2 is 2.24 bits per heavy atom. The summed E-state index contributed by atoms with van der Waals surface area (Å²) in [4.78, 5) is 26.7. The van der Waals surface area contributed by atoms with Gasteiger partial charge in [0.05, 0.1) is 0 Å². The fraction of sp³-hybridized carbons (Fsp3) is 0.417. The summed E-state index contributed by atoms with van der Waals surface area (Å²) in [6, 6.07) is 2.36. The molecule has 0 bridgehead atoms. The number of aromatic nitrogens is 1. The van der Waals surface area contributed by atoms with Gasteiger partial charge in [0, 0.05) is 17.5 Å². The largest absolute Gasteiger partial charge is 0.480 e. The molecular weight excluding hydrogens is 220 g/mol. The van der Waals surface area contributed by atoms with Crippen LogP contribution in [0.2, 0.25) is 0 Å². The highest BCUT2D eigenvalue weighted by atomic mass is 16.4. The lowest BCUT2D eigenvalue weighted by atomic mass is 10.1. The standard InChI is InChI=1S/C12H16N2O3/c1-3-4-10(12(16)17)14-11(15)9-5-6-13-8(2)7-9/h5-7,10H,3-4H2,1-2H3,(H,14,15)(H,16,17)/t10-/m0/s1. The van der Waals surface area contributed by atoms with E-state index < -0.39 is 12.0 Å². The number of carboxylic acids is 1. The molecule has 1 aromatic heterocycles. The van der Waals surface area contributed by atoms with E-state index in [1.54, 1.807) is 19.1 Å². The number of aliphatic carboxylic acids is 1. The van der Waals surface area contributed by atoms with Crippen molar-refractivity contribution in [3.05, 3.63) is 29.6 Å². The fourth-order valence-corrected chi connectivity index (χ4v) is 1.47. The van der Waals surface area contributed by atoms with E-state index in [2.05, 4.69) is 10.3 Å². The van der Waals surface area contributed by atoms with E-state index in [-0.39, 0.29) is 5.91 Å². The Hall–Kier alpha value is -1.91. The zero-order valence-corrected chi connectivity index (χ0v) is 9.93. The minimum atomic E-state index is -1.01. The molecule has 0 aliphatic rings. The van der Waals surface area contributed by atoms with Crippen LogP contribution >= 0.6 is 0 Å². The molecule has 0 aliphatic carbocycles. The Morgan fingerprint density at radius 3 is 2.76 bits per heavy atom. The predicted molar refractivity (Wildman–Crippen MR) is 62.8 cm³/mol. The molecule has 0 saturated heterocycles. The number of nitrogens with one attached hydrogen (secondary N) is 1. The molecule has 17 heavy (non-hydrogen) atoms.